The molecule has 0 saturated heterocycles. The third kappa shape index (κ3) is 2.75. The van der Waals surface area contributed by atoms with Crippen LogP contribution < -0.4 is 10.6 Å². The van der Waals surface area contributed by atoms with Gasteiger partial charge in [-0.2, -0.15) is 0 Å². The van der Waals surface area contributed by atoms with Gasteiger partial charge in [0, 0.05) is 25.5 Å². The van der Waals surface area contributed by atoms with Gasteiger partial charge in [0.15, 0.2) is 0 Å². The second kappa shape index (κ2) is 4.73. The largest absolute Gasteiger partial charge is 0.387 e. The molecule has 0 aromatic carbocycles. The first-order chi connectivity index (χ1) is 8.11. The number of hydrogen-bond acceptors (Lipinski definition) is 3. The van der Waals surface area contributed by atoms with E-state index in [1.807, 2.05) is 20.0 Å². The normalized spacial score (nSPS) is 22.1. The lowest BCUT2D eigenvalue weighted by Crippen LogP contribution is -2.26. The third-order valence-corrected chi connectivity index (χ3v) is 3.36. The zero-order valence-electron chi connectivity index (χ0n) is 10.6. The fourth-order valence-corrected chi connectivity index (χ4v) is 1.95. The molecular formula is C13H19N3O. The molecular weight excluding hydrogens is 214 g/mol. The fraction of sp³-hybridized carbons (Fsp3) is 0.538. The summed E-state index contributed by atoms with van der Waals surface area (Å²) in [7, 11) is 1.81. The maximum Gasteiger partial charge on any atom is 0.254 e. The molecule has 1 aromatic rings. The molecule has 0 spiro atoms. The summed E-state index contributed by atoms with van der Waals surface area (Å²) in [4.78, 5) is 16.1. The SMILES string of the molecule is CNc1cc(C)ncc1C(=O)NCC1CC1C. The van der Waals surface area contributed by atoms with E-state index in [2.05, 4.69) is 22.5 Å². The summed E-state index contributed by atoms with van der Waals surface area (Å²) >= 11 is 0. The molecule has 0 radical (unpaired) electrons. The van der Waals surface area contributed by atoms with Crippen LogP contribution in [0.4, 0.5) is 5.69 Å². The maximum atomic E-state index is 12.0. The van der Waals surface area contributed by atoms with Crippen molar-refractivity contribution in [2.45, 2.75) is 20.3 Å². The molecule has 1 amide bonds. The average molecular weight is 233 g/mol. The molecule has 1 fully saturated rings. The van der Waals surface area contributed by atoms with Gasteiger partial charge >= 0.3 is 0 Å². The highest BCUT2D eigenvalue weighted by Crippen LogP contribution is 2.36. The predicted octanol–water partition coefficient (Wildman–Crippen LogP) is 1.82. The van der Waals surface area contributed by atoms with Crippen molar-refractivity contribution in [3.8, 4) is 0 Å². The molecule has 1 aliphatic rings. The quantitative estimate of drug-likeness (QED) is 0.834. The van der Waals surface area contributed by atoms with Crippen molar-refractivity contribution in [1.82, 2.24) is 10.3 Å². The molecule has 2 atom stereocenters. The van der Waals surface area contributed by atoms with Crippen LogP contribution in [0.25, 0.3) is 0 Å². The summed E-state index contributed by atoms with van der Waals surface area (Å²) in [5, 5.41) is 6.00. The number of aryl methyl sites for hydroxylation is 1. The molecule has 2 N–H and O–H groups in total. The van der Waals surface area contributed by atoms with Gasteiger partial charge in [-0.15, -0.1) is 0 Å². The van der Waals surface area contributed by atoms with Crippen molar-refractivity contribution in [3.05, 3.63) is 23.5 Å². The number of nitrogens with one attached hydrogen (secondary N) is 2. The molecule has 1 heterocycles. The van der Waals surface area contributed by atoms with Gasteiger partial charge in [-0.3, -0.25) is 9.78 Å². The summed E-state index contributed by atoms with van der Waals surface area (Å²) in [5.41, 5.74) is 2.35. The second-order valence-corrected chi connectivity index (χ2v) is 4.80. The number of carbonyl (C=O) groups excluding carboxylic acids is 1. The molecule has 1 saturated carbocycles. The van der Waals surface area contributed by atoms with Gasteiger partial charge in [0.2, 0.25) is 0 Å². The van der Waals surface area contributed by atoms with Crippen molar-refractivity contribution in [2.75, 3.05) is 18.9 Å². The Labute approximate surface area is 102 Å². The van der Waals surface area contributed by atoms with Gasteiger partial charge in [-0.1, -0.05) is 6.92 Å². The highest BCUT2D eigenvalue weighted by atomic mass is 16.1. The number of carbonyl (C=O) groups is 1. The monoisotopic (exact) mass is 233 g/mol. The fourth-order valence-electron chi connectivity index (χ4n) is 1.95. The van der Waals surface area contributed by atoms with Crippen LogP contribution in [0.5, 0.6) is 0 Å². The number of aromatic nitrogens is 1. The molecule has 1 aromatic heterocycles. The molecule has 0 bridgehead atoms. The molecule has 92 valence electrons. The van der Waals surface area contributed by atoms with Gasteiger partial charge in [0.25, 0.3) is 5.91 Å². The number of rotatable bonds is 4. The lowest BCUT2D eigenvalue weighted by Gasteiger charge is -2.09. The van der Waals surface area contributed by atoms with Crippen molar-refractivity contribution < 1.29 is 4.79 Å². The van der Waals surface area contributed by atoms with Gasteiger partial charge in [0.1, 0.15) is 0 Å². The van der Waals surface area contributed by atoms with Gasteiger partial charge < -0.3 is 10.6 Å². The van der Waals surface area contributed by atoms with Crippen molar-refractivity contribution in [3.63, 3.8) is 0 Å². The van der Waals surface area contributed by atoms with Crippen molar-refractivity contribution >= 4 is 11.6 Å². The summed E-state index contributed by atoms with van der Waals surface area (Å²) < 4.78 is 0. The van der Waals surface area contributed by atoms with E-state index in [4.69, 9.17) is 0 Å². The Morgan fingerprint density at radius 1 is 1.59 bits per heavy atom. The molecule has 17 heavy (non-hydrogen) atoms. The first kappa shape index (κ1) is 11.9. The van der Waals surface area contributed by atoms with Crippen LogP contribution in [0.1, 0.15) is 29.4 Å². The molecule has 4 heteroatoms. The van der Waals surface area contributed by atoms with Crippen LogP contribution in [-0.4, -0.2) is 24.5 Å². The Balaban J connectivity index is 2.02. The van der Waals surface area contributed by atoms with E-state index in [0.717, 1.165) is 23.8 Å². The Bertz CT molecular complexity index is 431. The summed E-state index contributed by atoms with van der Waals surface area (Å²) in [6, 6.07) is 1.88. The van der Waals surface area contributed by atoms with Gasteiger partial charge in [0.05, 0.1) is 11.3 Å². The number of nitrogens with zero attached hydrogens (tertiary/aromatic N) is 1. The standard InChI is InChI=1S/C13H19N3O/c1-8-4-10(8)6-16-13(17)11-7-15-9(2)5-12(11)14-3/h5,7-8,10H,4,6H2,1-3H3,(H,14,15)(H,16,17). The van der Waals surface area contributed by atoms with Crippen LogP contribution in [0.2, 0.25) is 0 Å². The number of hydrogen-bond donors (Lipinski definition) is 2. The lowest BCUT2D eigenvalue weighted by molar-refractivity contribution is 0.0952. The number of amides is 1. The smallest absolute Gasteiger partial charge is 0.254 e. The van der Waals surface area contributed by atoms with E-state index in [1.54, 1.807) is 6.20 Å². The highest BCUT2D eigenvalue weighted by molar-refractivity contribution is 5.99. The molecule has 4 nitrogen and oxygen atoms in total. The molecule has 2 rings (SSSR count). The second-order valence-electron chi connectivity index (χ2n) is 4.80. The summed E-state index contributed by atoms with van der Waals surface area (Å²) in [5.74, 6) is 1.38. The average Bonchev–Trinajstić information content (AvgIpc) is 3.02. The Hall–Kier alpha value is -1.58. The van der Waals surface area contributed by atoms with Crippen LogP contribution in [0.3, 0.4) is 0 Å². The molecule has 0 aliphatic heterocycles. The summed E-state index contributed by atoms with van der Waals surface area (Å²) in [6.45, 7) is 4.90. The van der Waals surface area contributed by atoms with Gasteiger partial charge in [-0.05, 0) is 31.2 Å². The van der Waals surface area contributed by atoms with Gasteiger partial charge in [-0.25, -0.2) is 0 Å². The van der Waals surface area contributed by atoms with E-state index in [0.29, 0.717) is 11.5 Å². The molecule has 2 unspecified atom stereocenters. The van der Waals surface area contributed by atoms with E-state index in [1.165, 1.54) is 6.42 Å². The minimum absolute atomic E-state index is 0.0408. The van der Waals surface area contributed by atoms with E-state index < -0.39 is 0 Å². The van der Waals surface area contributed by atoms with E-state index in [9.17, 15) is 4.79 Å². The first-order valence-corrected chi connectivity index (χ1v) is 6.04. The number of pyridine rings is 1. The maximum absolute atomic E-state index is 12.0. The first-order valence-electron chi connectivity index (χ1n) is 6.04. The van der Waals surface area contributed by atoms with Crippen LogP contribution in [0.15, 0.2) is 12.3 Å². The topological polar surface area (TPSA) is 54.0 Å². The lowest BCUT2D eigenvalue weighted by atomic mass is 10.2. The predicted molar refractivity (Wildman–Crippen MR) is 68.1 cm³/mol. The minimum atomic E-state index is -0.0408. The Kier molecular flexibility index (Phi) is 3.31. The Morgan fingerprint density at radius 2 is 2.29 bits per heavy atom. The third-order valence-electron chi connectivity index (χ3n) is 3.36. The number of anilines is 1. The Morgan fingerprint density at radius 3 is 2.88 bits per heavy atom. The zero-order chi connectivity index (χ0) is 12.4. The van der Waals surface area contributed by atoms with Crippen LogP contribution in [-0.2, 0) is 0 Å². The van der Waals surface area contributed by atoms with E-state index >= 15 is 0 Å². The summed E-state index contributed by atoms with van der Waals surface area (Å²) in [6.07, 6.45) is 2.86. The highest BCUT2D eigenvalue weighted by Gasteiger charge is 2.32. The van der Waals surface area contributed by atoms with E-state index in [-0.39, 0.29) is 5.91 Å². The van der Waals surface area contributed by atoms with Crippen LogP contribution in [0, 0.1) is 18.8 Å². The van der Waals surface area contributed by atoms with Crippen molar-refractivity contribution in [2.24, 2.45) is 11.8 Å². The zero-order valence-corrected chi connectivity index (χ0v) is 10.6. The minimum Gasteiger partial charge on any atom is -0.387 e. The van der Waals surface area contributed by atoms with Crippen molar-refractivity contribution in [1.29, 1.82) is 0 Å². The van der Waals surface area contributed by atoms with Crippen LogP contribution >= 0.6 is 0 Å². The molecule has 1 aliphatic carbocycles.